The fourth-order valence-electron chi connectivity index (χ4n) is 3.97. The highest BCUT2D eigenvalue weighted by Crippen LogP contribution is 2.39. The van der Waals surface area contributed by atoms with E-state index in [-0.39, 0.29) is 17.0 Å². The van der Waals surface area contributed by atoms with Crippen molar-refractivity contribution in [3.05, 3.63) is 94.1 Å². The largest absolute Gasteiger partial charge is 0.291 e. The first-order valence-corrected chi connectivity index (χ1v) is 11.0. The zero-order valence-electron chi connectivity index (χ0n) is 16.9. The number of thiazole rings is 1. The summed E-state index contributed by atoms with van der Waals surface area (Å²) < 4.78 is 41.2. The number of benzene rings is 2. The number of fused-ring (bicyclic) bond motifs is 3. The number of nitrogens with zero attached hydrogens (tertiary/aromatic N) is 2. The van der Waals surface area contributed by atoms with Crippen molar-refractivity contribution in [3.8, 4) is 21.6 Å². The minimum absolute atomic E-state index is 0.241. The van der Waals surface area contributed by atoms with Gasteiger partial charge in [-0.15, -0.1) is 11.3 Å². The number of aryl methyl sites for hydroxylation is 2. The zero-order chi connectivity index (χ0) is 22.2. The van der Waals surface area contributed by atoms with Gasteiger partial charge in [0.05, 0.1) is 10.6 Å². The topological polar surface area (TPSA) is 42.9 Å². The van der Waals surface area contributed by atoms with Gasteiger partial charge in [0.1, 0.15) is 11.6 Å². The maximum absolute atomic E-state index is 14.0. The van der Waals surface area contributed by atoms with Crippen LogP contribution in [0.1, 0.15) is 33.0 Å². The molecule has 2 aromatic carbocycles. The Morgan fingerprint density at radius 2 is 1.75 bits per heavy atom. The molecule has 7 heteroatoms. The van der Waals surface area contributed by atoms with E-state index in [1.165, 1.54) is 29.7 Å². The summed E-state index contributed by atoms with van der Waals surface area (Å²) in [6.45, 7) is 0. The second-order valence-corrected chi connectivity index (χ2v) is 8.69. The molecule has 0 fully saturated rings. The molecule has 0 spiro atoms. The normalized spacial score (nSPS) is 12.7. The van der Waals surface area contributed by atoms with Crippen LogP contribution in [0.4, 0.5) is 13.2 Å². The molecule has 0 saturated carbocycles. The lowest BCUT2D eigenvalue weighted by Gasteiger charge is -2.09. The number of Topliss-reactive ketones (excluding diaryl/α,β-unsaturated/α-hetero) is 1. The SMILES string of the molecule is O=C(Cc1c(F)cccc1F)c1nc2c(s1)-c1cc(-c3ccc(F)nc3)ccc1CCC2. The number of hydrogen-bond donors (Lipinski definition) is 0. The fraction of sp³-hybridized carbons (Fsp3) is 0.160. The van der Waals surface area contributed by atoms with Crippen LogP contribution in [-0.4, -0.2) is 15.8 Å². The molecule has 0 N–H and O–H groups in total. The standard InChI is InChI=1S/C25H17F3N2OS/c26-19-4-2-5-20(27)18(19)12-22(31)25-30-21-6-1-3-14-7-8-15(11-17(14)24(21)32-25)16-9-10-23(28)29-13-16/h2,4-5,7-11,13H,1,3,6,12H2. The van der Waals surface area contributed by atoms with Gasteiger partial charge in [0.15, 0.2) is 10.8 Å². The van der Waals surface area contributed by atoms with Crippen LogP contribution in [0.2, 0.25) is 0 Å². The van der Waals surface area contributed by atoms with Crippen molar-refractivity contribution >= 4 is 17.1 Å². The molecule has 0 atom stereocenters. The molecular weight excluding hydrogens is 433 g/mol. The summed E-state index contributed by atoms with van der Waals surface area (Å²) in [7, 11) is 0. The number of carbonyl (C=O) groups is 1. The summed E-state index contributed by atoms with van der Waals surface area (Å²) in [5.74, 6) is -2.42. The molecule has 32 heavy (non-hydrogen) atoms. The highest BCUT2D eigenvalue weighted by atomic mass is 32.1. The third kappa shape index (κ3) is 3.84. The van der Waals surface area contributed by atoms with E-state index < -0.39 is 23.4 Å². The summed E-state index contributed by atoms with van der Waals surface area (Å²) in [6, 6.07) is 12.6. The third-order valence-electron chi connectivity index (χ3n) is 5.61. The molecule has 2 aromatic heterocycles. The minimum atomic E-state index is -0.737. The maximum atomic E-state index is 14.0. The number of ketones is 1. The van der Waals surface area contributed by atoms with Crippen molar-refractivity contribution in [1.29, 1.82) is 0 Å². The predicted molar refractivity (Wildman–Crippen MR) is 117 cm³/mol. The number of rotatable bonds is 4. The predicted octanol–water partition coefficient (Wildman–Crippen LogP) is 6.20. The van der Waals surface area contributed by atoms with Crippen LogP contribution in [0.5, 0.6) is 0 Å². The van der Waals surface area contributed by atoms with Gasteiger partial charge < -0.3 is 0 Å². The van der Waals surface area contributed by atoms with Crippen LogP contribution in [0.15, 0.2) is 54.7 Å². The lowest BCUT2D eigenvalue weighted by Crippen LogP contribution is -2.07. The first-order chi connectivity index (χ1) is 15.5. The second kappa shape index (κ2) is 8.31. The molecule has 0 saturated heterocycles. The molecule has 0 unspecified atom stereocenters. The van der Waals surface area contributed by atoms with E-state index in [0.717, 1.165) is 64.2 Å². The van der Waals surface area contributed by atoms with Crippen molar-refractivity contribution in [3.63, 3.8) is 0 Å². The quantitative estimate of drug-likeness (QED) is 0.275. The van der Waals surface area contributed by atoms with Gasteiger partial charge in [-0.25, -0.2) is 18.7 Å². The summed E-state index contributed by atoms with van der Waals surface area (Å²) >= 11 is 1.26. The van der Waals surface area contributed by atoms with E-state index in [0.29, 0.717) is 0 Å². The molecule has 5 rings (SSSR count). The lowest BCUT2D eigenvalue weighted by molar-refractivity contribution is 0.0990. The van der Waals surface area contributed by atoms with E-state index in [9.17, 15) is 18.0 Å². The molecule has 0 radical (unpaired) electrons. The molecule has 2 heterocycles. The maximum Gasteiger partial charge on any atom is 0.212 e. The monoisotopic (exact) mass is 450 g/mol. The van der Waals surface area contributed by atoms with Crippen LogP contribution in [-0.2, 0) is 19.3 Å². The van der Waals surface area contributed by atoms with Crippen molar-refractivity contribution in [2.75, 3.05) is 0 Å². The van der Waals surface area contributed by atoms with E-state index >= 15 is 0 Å². The van der Waals surface area contributed by atoms with Crippen LogP contribution < -0.4 is 0 Å². The van der Waals surface area contributed by atoms with Crippen LogP contribution in [0.3, 0.4) is 0 Å². The van der Waals surface area contributed by atoms with Crippen molar-refractivity contribution < 1.29 is 18.0 Å². The Balaban J connectivity index is 1.52. The highest BCUT2D eigenvalue weighted by molar-refractivity contribution is 7.17. The lowest BCUT2D eigenvalue weighted by atomic mass is 9.98. The molecule has 3 nitrogen and oxygen atoms in total. The summed E-state index contributed by atoms with van der Waals surface area (Å²) in [5, 5.41) is 0.249. The van der Waals surface area contributed by atoms with E-state index in [1.54, 1.807) is 6.07 Å². The summed E-state index contributed by atoms with van der Waals surface area (Å²) in [5.41, 5.74) is 4.38. The van der Waals surface area contributed by atoms with Crippen molar-refractivity contribution in [2.45, 2.75) is 25.7 Å². The highest BCUT2D eigenvalue weighted by Gasteiger charge is 2.24. The number of aromatic nitrogens is 2. The van der Waals surface area contributed by atoms with E-state index in [4.69, 9.17) is 0 Å². The molecular formula is C25H17F3N2OS. The molecule has 0 aliphatic heterocycles. The molecule has 4 aromatic rings. The average molecular weight is 450 g/mol. The van der Waals surface area contributed by atoms with Crippen LogP contribution in [0, 0.1) is 17.6 Å². The molecule has 160 valence electrons. The molecule has 1 aliphatic rings. The molecule has 1 aliphatic carbocycles. The third-order valence-corrected chi connectivity index (χ3v) is 6.78. The van der Waals surface area contributed by atoms with Gasteiger partial charge in [-0.1, -0.05) is 18.2 Å². The van der Waals surface area contributed by atoms with E-state index in [1.807, 2.05) is 18.2 Å². The Morgan fingerprint density at radius 3 is 2.50 bits per heavy atom. The van der Waals surface area contributed by atoms with Crippen molar-refractivity contribution in [1.82, 2.24) is 9.97 Å². The van der Waals surface area contributed by atoms with Gasteiger partial charge in [-0.05, 0) is 66.3 Å². The number of carbonyl (C=O) groups excluding carboxylic acids is 1. The Hall–Kier alpha value is -3.32. The minimum Gasteiger partial charge on any atom is -0.291 e. The number of halogens is 3. The Labute approximate surface area is 186 Å². The Bertz CT molecular complexity index is 1310. The van der Waals surface area contributed by atoms with Gasteiger partial charge in [-0.3, -0.25) is 4.79 Å². The zero-order valence-corrected chi connectivity index (χ0v) is 17.7. The van der Waals surface area contributed by atoms with E-state index in [2.05, 4.69) is 9.97 Å². The first-order valence-electron chi connectivity index (χ1n) is 10.2. The molecule has 0 bridgehead atoms. The second-order valence-electron chi connectivity index (χ2n) is 7.69. The number of pyridine rings is 1. The van der Waals surface area contributed by atoms with Gasteiger partial charge in [-0.2, -0.15) is 4.39 Å². The fourth-order valence-corrected chi connectivity index (χ4v) is 5.07. The molecule has 0 amide bonds. The Kier molecular flexibility index (Phi) is 5.35. The Morgan fingerprint density at radius 1 is 0.969 bits per heavy atom. The smallest absolute Gasteiger partial charge is 0.212 e. The van der Waals surface area contributed by atoms with Gasteiger partial charge in [0, 0.05) is 23.7 Å². The van der Waals surface area contributed by atoms with Crippen molar-refractivity contribution in [2.24, 2.45) is 0 Å². The van der Waals surface area contributed by atoms with Gasteiger partial charge >= 0.3 is 0 Å². The van der Waals surface area contributed by atoms with Gasteiger partial charge in [0.25, 0.3) is 0 Å². The van der Waals surface area contributed by atoms with Crippen LogP contribution in [0.25, 0.3) is 21.6 Å². The van der Waals surface area contributed by atoms with Gasteiger partial charge in [0.2, 0.25) is 5.95 Å². The summed E-state index contributed by atoms with van der Waals surface area (Å²) in [6.07, 6.45) is 3.59. The summed E-state index contributed by atoms with van der Waals surface area (Å²) in [4.78, 5) is 22.0. The number of hydrogen-bond acceptors (Lipinski definition) is 4. The van der Waals surface area contributed by atoms with Crippen LogP contribution >= 0.6 is 11.3 Å². The first kappa shape index (κ1) is 20.6. The average Bonchev–Trinajstić information content (AvgIpc) is 3.14.